The average molecular weight is 1090 g/mol. The van der Waals surface area contributed by atoms with Gasteiger partial charge < -0.3 is 45.6 Å². The lowest BCUT2D eigenvalue weighted by atomic mass is 9.89. The number of carbonyl (C=O) groups excluding carboxylic acids is 7. The molecule has 1 aliphatic rings. The molecular formula is C58H92N8O12. The van der Waals surface area contributed by atoms with Crippen LogP contribution in [0.15, 0.2) is 54.6 Å². The number of nitrogens with one attached hydrogen (secondary N) is 5. The van der Waals surface area contributed by atoms with Crippen molar-refractivity contribution in [1.82, 2.24) is 36.1 Å². The fourth-order valence-corrected chi connectivity index (χ4v) is 10.2. The van der Waals surface area contributed by atoms with E-state index in [2.05, 4.69) is 26.7 Å². The summed E-state index contributed by atoms with van der Waals surface area (Å²) >= 11 is 0. The Morgan fingerprint density at radius 2 is 1.41 bits per heavy atom. The van der Waals surface area contributed by atoms with Crippen LogP contribution in [-0.2, 0) is 65.7 Å². The number of benzene rings is 2. The summed E-state index contributed by atoms with van der Waals surface area (Å²) in [4.78, 5) is 116. The first kappa shape index (κ1) is 66.3. The number of likely N-dealkylation sites (N-methyl/N-ethyl adjacent to an activating group) is 2. The minimum atomic E-state index is -1.04. The van der Waals surface area contributed by atoms with Crippen LogP contribution in [0.1, 0.15) is 130 Å². The van der Waals surface area contributed by atoms with E-state index in [1.807, 2.05) is 90.9 Å². The fourth-order valence-electron chi connectivity index (χ4n) is 10.2. The highest BCUT2D eigenvalue weighted by Crippen LogP contribution is 2.30. The Kier molecular flexibility index (Phi) is 29.0. The third-order valence-electron chi connectivity index (χ3n) is 14.7. The van der Waals surface area contributed by atoms with E-state index in [1.54, 1.807) is 48.0 Å². The third kappa shape index (κ3) is 21.4. The second-order valence-electron chi connectivity index (χ2n) is 21.6. The highest BCUT2D eigenvalue weighted by Gasteiger charge is 2.43. The lowest BCUT2D eigenvalue weighted by Gasteiger charge is -2.41. The van der Waals surface area contributed by atoms with E-state index in [9.17, 15) is 38.4 Å². The molecule has 1 fully saturated rings. The number of carbonyl (C=O) groups is 8. The SMILES string of the molecule is CC[C@H](C)[C@@H]([C@@H](CC(=O)N1CCC[C@H]1[C@H](OC)[C@@H](C)C(=O)N[C@@H](Cc1ccccc1)C(=O)NOCc1ccc(NC(=O)CCCCCNC(=O)CCCC(=O)O)cc1)OC)N(C)C(=O)[C@@H](NC(=O)[C@H](C(C)C)N(C)C)C(C)C. The molecule has 2 aromatic rings. The van der Waals surface area contributed by atoms with Crippen molar-refractivity contribution < 1.29 is 57.8 Å². The number of unbranched alkanes of at least 4 members (excludes halogenated alkanes) is 2. The Hall–Kier alpha value is -5.96. The molecule has 3 rings (SSSR count). The van der Waals surface area contributed by atoms with E-state index in [0.717, 1.165) is 12.0 Å². The Balaban J connectivity index is 1.64. The maximum absolute atomic E-state index is 14.5. The molecule has 0 radical (unpaired) electrons. The van der Waals surface area contributed by atoms with Gasteiger partial charge in [0.25, 0.3) is 5.91 Å². The molecule has 1 saturated heterocycles. The summed E-state index contributed by atoms with van der Waals surface area (Å²) in [7, 11) is 8.44. The molecule has 6 N–H and O–H groups in total. The molecule has 9 atom stereocenters. The molecule has 78 heavy (non-hydrogen) atoms. The smallest absolute Gasteiger partial charge is 0.303 e. The van der Waals surface area contributed by atoms with Crippen LogP contribution in [-0.4, -0.2) is 158 Å². The number of hydroxylamine groups is 1. The van der Waals surface area contributed by atoms with E-state index in [0.29, 0.717) is 69.3 Å². The van der Waals surface area contributed by atoms with Gasteiger partial charge in [-0.1, -0.05) is 104 Å². The number of amides is 7. The van der Waals surface area contributed by atoms with Gasteiger partial charge in [-0.15, -0.1) is 0 Å². The van der Waals surface area contributed by atoms with Crippen LogP contribution in [0.5, 0.6) is 0 Å². The van der Waals surface area contributed by atoms with Gasteiger partial charge in [-0.25, -0.2) is 5.48 Å². The topological polar surface area (TPSA) is 254 Å². The van der Waals surface area contributed by atoms with Crippen molar-refractivity contribution in [2.24, 2.45) is 23.7 Å². The van der Waals surface area contributed by atoms with Gasteiger partial charge in [0.2, 0.25) is 35.4 Å². The van der Waals surface area contributed by atoms with Crippen molar-refractivity contribution in [2.45, 2.75) is 175 Å². The number of nitrogens with zero attached hydrogens (tertiary/aromatic N) is 3. The number of likely N-dealkylation sites (tertiary alicyclic amines) is 1. The van der Waals surface area contributed by atoms with Crippen LogP contribution in [0.25, 0.3) is 0 Å². The molecule has 0 aromatic heterocycles. The normalized spacial score (nSPS) is 16.6. The van der Waals surface area contributed by atoms with E-state index >= 15 is 0 Å². The number of carboxylic acid groups (broad SMARTS) is 1. The Morgan fingerprint density at radius 1 is 0.744 bits per heavy atom. The molecule has 7 amide bonds. The summed E-state index contributed by atoms with van der Waals surface area (Å²) in [5.41, 5.74) is 4.61. The van der Waals surface area contributed by atoms with Crippen LogP contribution in [0.3, 0.4) is 0 Å². The number of aliphatic carboxylic acids is 1. The van der Waals surface area contributed by atoms with E-state index in [1.165, 1.54) is 14.2 Å². The fraction of sp³-hybridized carbons (Fsp3) is 0.655. The summed E-state index contributed by atoms with van der Waals surface area (Å²) in [6, 6.07) is 13.0. The largest absolute Gasteiger partial charge is 0.481 e. The lowest BCUT2D eigenvalue weighted by Crippen LogP contribution is -2.59. The quantitative estimate of drug-likeness (QED) is 0.0370. The number of carboxylic acids is 1. The van der Waals surface area contributed by atoms with Crippen molar-refractivity contribution in [3.63, 3.8) is 0 Å². The molecule has 0 unspecified atom stereocenters. The molecule has 0 spiro atoms. The zero-order valence-corrected chi connectivity index (χ0v) is 48.4. The number of hydrogen-bond donors (Lipinski definition) is 6. The average Bonchev–Trinajstić information content (AvgIpc) is 3.88. The summed E-state index contributed by atoms with van der Waals surface area (Å²) in [5, 5.41) is 20.3. The second kappa shape index (κ2) is 34.1. The second-order valence-corrected chi connectivity index (χ2v) is 21.6. The molecule has 0 aliphatic carbocycles. The van der Waals surface area contributed by atoms with Gasteiger partial charge in [-0.05, 0) is 87.2 Å². The lowest BCUT2D eigenvalue weighted by molar-refractivity contribution is -0.148. The van der Waals surface area contributed by atoms with Crippen molar-refractivity contribution in [3.8, 4) is 0 Å². The number of ether oxygens (including phenoxy) is 2. The molecule has 20 heteroatoms. The predicted octanol–water partition coefficient (Wildman–Crippen LogP) is 5.48. The molecule has 0 bridgehead atoms. The Morgan fingerprint density at radius 3 is 2.00 bits per heavy atom. The summed E-state index contributed by atoms with van der Waals surface area (Å²) < 4.78 is 12.1. The maximum atomic E-state index is 14.5. The van der Waals surface area contributed by atoms with E-state index in [-0.39, 0.29) is 79.6 Å². The molecule has 436 valence electrons. The summed E-state index contributed by atoms with van der Waals surface area (Å²) in [6.45, 7) is 14.4. The number of rotatable bonds is 35. The minimum absolute atomic E-state index is 0.00303. The van der Waals surface area contributed by atoms with Crippen LogP contribution in [0, 0.1) is 23.7 Å². The number of methoxy groups -OCH3 is 2. The Bertz CT molecular complexity index is 2200. The number of hydrogen-bond acceptors (Lipinski definition) is 12. The molecule has 1 heterocycles. The molecule has 0 saturated carbocycles. The highest BCUT2D eigenvalue weighted by atomic mass is 16.7. The van der Waals surface area contributed by atoms with Crippen LogP contribution in [0.4, 0.5) is 5.69 Å². The van der Waals surface area contributed by atoms with Crippen molar-refractivity contribution >= 4 is 53.0 Å². The first-order valence-corrected chi connectivity index (χ1v) is 27.8. The Labute approximate surface area is 463 Å². The van der Waals surface area contributed by atoms with Gasteiger partial charge >= 0.3 is 5.97 Å². The van der Waals surface area contributed by atoms with Gasteiger partial charge in [0.15, 0.2) is 0 Å². The maximum Gasteiger partial charge on any atom is 0.303 e. The zero-order valence-electron chi connectivity index (χ0n) is 48.4. The van der Waals surface area contributed by atoms with Crippen LogP contribution in [0.2, 0.25) is 0 Å². The van der Waals surface area contributed by atoms with Gasteiger partial charge in [0.05, 0.1) is 49.3 Å². The molecule has 20 nitrogen and oxygen atoms in total. The number of anilines is 1. The predicted molar refractivity (Wildman–Crippen MR) is 298 cm³/mol. The zero-order chi connectivity index (χ0) is 58.1. The monoisotopic (exact) mass is 1090 g/mol. The molecule has 2 aromatic carbocycles. The summed E-state index contributed by atoms with van der Waals surface area (Å²) in [6.07, 6.45) is 3.41. The van der Waals surface area contributed by atoms with Gasteiger partial charge in [0.1, 0.15) is 12.1 Å². The van der Waals surface area contributed by atoms with Crippen molar-refractivity contribution in [2.75, 3.05) is 53.8 Å². The standard InChI is InChI=1S/C58H92N8O12/c1-13-39(6)53(65(10)58(75)51(37(2)3)62-57(74)52(38(4)5)64(8)9)46(76-11)35-49(69)66-33-21-24-45(66)54(77-12)40(7)55(72)61-44(34-41-22-16-14-17-23-41)56(73)63-78-36-42-28-30-43(31-29-42)60-48(68)25-18-15-19-32-59-47(67)26-20-27-50(70)71/h14,16-17,22-23,28-31,37-40,44-46,51-54H,13,15,18-21,24-27,32-36H2,1-12H3,(H,59,67)(H,60,68)(H,61,72)(H,62,74)(H,63,73)(H,70,71)/t39-,40+,44-,45-,46+,51-,52-,53-,54+/m0/s1. The van der Waals surface area contributed by atoms with E-state index < -0.39 is 66.1 Å². The molecular weight excluding hydrogens is 1000 g/mol. The van der Waals surface area contributed by atoms with E-state index in [4.69, 9.17) is 19.4 Å². The first-order valence-electron chi connectivity index (χ1n) is 27.8. The summed E-state index contributed by atoms with van der Waals surface area (Å²) in [5.74, 6) is -4.09. The first-order chi connectivity index (χ1) is 37.0. The third-order valence-corrected chi connectivity index (χ3v) is 14.7. The minimum Gasteiger partial charge on any atom is -0.481 e. The van der Waals surface area contributed by atoms with Gasteiger partial charge in [-0.3, -0.25) is 48.1 Å². The highest BCUT2D eigenvalue weighted by molar-refractivity contribution is 5.91. The van der Waals surface area contributed by atoms with Gasteiger partial charge in [-0.2, -0.15) is 0 Å². The van der Waals surface area contributed by atoms with Crippen LogP contribution >= 0.6 is 0 Å². The van der Waals surface area contributed by atoms with Crippen molar-refractivity contribution in [1.29, 1.82) is 0 Å². The molecule has 1 aliphatic heterocycles. The van der Waals surface area contributed by atoms with Gasteiger partial charge in [0, 0.05) is 65.7 Å². The van der Waals surface area contributed by atoms with Crippen molar-refractivity contribution in [3.05, 3.63) is 65.7 Å². The van der Waals surface area contributed by atoms with Crippen LogP contribution < -0.4 is 26.7 Å².